The fourth-order valence-electron chi connectivity index (χ4n) is 0.894. The van der Waals surface area contributed by atoms with Gasteiger partial charge in [0.1, 0.15) is 0 Å². The maximum atomic E-state index is 9.29. The van der Waals surface area contributed by atoms with Crippen LogP contribution in [-0.4, -0.2) is 11.2 Å². The molecule has 0 rings (SSSR count). The van der Waals surface area contributed by atoms with E-state index in [-0.39, 0.29) is 6.10 Å². The molecule has 1 heteroatoms. The molecular weight excluding hydrogens is 136 g/mol. The monoisotopic (exact) mass is 152 g/mol. The molecular formula is C10H16O. The zero-order valence-electron chi connectivity index (χ0n) is 6.92. The predicted octanol–water partition coefficient (Wildman–Crippen LogP) is 2.12. The highest BCUT2D eigenvalue weighted by molar-refractivity contribution is 4.83. The van der Waals surface area contributed by atoms with Gasteiger partial charge in [-0.3, -0.25) is 0 Å². The van der Waals surface area contributed by atoms with Crippen LogP contribution in [0.4, 0.5) is 0 Å². The second-order valence-corrected chi connectivity index (χ2v) is 2.62. The summed E-state index contributed by atoms with van der Waals surface area (Å²) in [4.78, 5) is 0. The van der Waals surface area contributed by atoms with E-state index in [0.717, 1.165) is 32.1 Å². The Kier molecular flexibility index (Phi) is 6.87. The predicted molar refractivity (Wildman–Crippen MR) is 48.1 cm³/mol. The molecule has 0 heterocycles. The van der Waals surface area contributed by atoms with Gasteiger partial charge in [-0.05, 0) is 25.7 Å². The van der Waals surface area contributed by atoms with Gasteiger partial charge in [0.05, 0.1) is 6.10 Å². The zero-order valence-corrected chi connectivity index (χ0v) is 6.92. The van der Waals surface area contributed by atoms with Crippen LogP contribution in [0.15, 0.2) is 12.7 Å². The first-order valence-electron chi connectivity index (χ1n) is 4.03. The van der Waals surface area contributed by atoms with Crippen LogP contribution < -0.4 is 0 Å². The van der Waals surface area contributed by atoms with E-state index >= 15 is 0 Å². The number of terminal acetylenes is 1. The summed E-state index contributed by atoms with van der Waals surface area (Å²) in [6, 6.07) is 0. The van der Waals surface area contributed by atoms with Gasteiger partial charge in [-0.15, -0.1) is 18.9 Å². The van der Waals surface area contributed by atoms with E-state index in [4.69, 9.17) is 6.42 Å². The largest absolute Gasteiger partial charge is 0.393 e. The third kappa shape index (κ3) is 7.15. The van der Waals surface area contributed by atoms with Crippen molar-refractivity contribution in [1.82, 2.24) is 0 Å². The first-order chi connectivity index (χ1) is 5.31. The third-order valence-electron chi connectivity index (χ3n) is 1.56. The summed E-state index contributed by atoms with van der Waals surface area (Å²) < 4.78 is 0. The number of hydrogen-bond acceptors (Lipinski definition) is 1. The molecule has 0 bridgehead atoms. The molecule has 0 aliphatic heterocycles. The summed E-state index contributed by atoms with van der Waals surface area (Å²) in [6.45, 7) is 3.59. The molecule has 62 valence electrons. The van der Waals surface area contributed by atoms with Crippen molar-refractivity contribution in [2.45, 2.75) is 38.2 Å². The van der Waals surface area contributed by atoms with Gasteiger partial charge in [0.2, 0.25) is 0 Å². The Morgan fingerprint density at radius 2 is 2.27 bits per heavy atom. The lowest BCUT2D eigenvalue weighted by molar-refractivity contribution is 0.153. The highest BCUT2D eigenvalue weighted by Crippen LogP contribution is 2.06. The first kappa shape index (κ1) is 10.3. The average Bonchev–Trinajstić information content (AvgIpc) is 2.01. The van der Waals surface area contributed by atoms with Gasteiger partial charge >= 0.3 is 0 Å². The first-order valence-corrected chi connectivity index (χ1v) is 4.03. The van der Waals surface area contributed by atoms with Crippen molar-refractivity contribution in [3.05, 3.63) is 12.7 Å². The van der Waals surface area contributed by atoms with E-state index in [2.05, 4.69) is 12.5 Å². The van der Waals surface area contributed by atoms with E-state index < -0.39 is 0 Å². The number of unbranched alkanes of at least 4 members (excludes halogenated alkanes) is 1. The topological polar surface area (TPSA) is 20.2 Å². The molecule has 0 aliphatic carbocycles. The number of aliphatic hydroxyl groups excluding tert-OH is 1. The fraction of sp³-hybridized carbons (Fsp3) is 0.600. The van der Waals surface area contributed by atoms with Gasteiger partial charge in [-0.2, -0.15) is 0 Å². The molecule has 1 atom stereocenters. The van der Waals surface area contributed by atoms with Crippen molar-refractivity contribution >= 4 is 0 Å². The quantitative estimate of drug-likeness (QED) is 0.351. The second-order valence-electron chi connectivity index (χ2n) is 2.62. The van der Waals surface area contributed by atoms with Gasteiger partial charge in [0.25, 0.3) is 0 Å². The van der Waals surface area contributed by atoms with Crippen molar-refractivity contribution in [3.63, 3.8) is 0 Å². The van der Waals surface area contributed by atoms with Crippen LogP contribution in [0.2, 0.25) is 0 Å². The Balaban J connectivity index is 3.16. The van der Waals surface area contributed by atoms with Gasteiger partial charge in [0.15, 0.2) is 0 Å². The van der Waals surface area contributed by atoms with Crippen LogP contribution in [0.3, 0.4) is 0 Å². The maximum absolute atomic E-state index is 9.29. The summed E-state index contributed by atoms with van der Waals surface area (Å²) >= 11 is 0. The minimum Gasteiger partial charge on any atom is -0.393 e. The summed E-state index contributed by atoms with van der Waals surface area (Å²) in [5, 5.41) is 9.29. The average molecular weight is 152 g/mol. The molecule has 0 aromatic rings. The van der Waals surface area contributed by atoms with Crippen molar-refractivity contribution < 1.29 is 5.11 Å². The third-order valence-corrected chi connectivity index (χ3v) is 1.56. The van der Waals surface area contributed by atoms with Crippen LogP contribution in [0.25, 0.3) is 0 Å². The lowest BCUT2D eigenvalue weighted by atomic mass is 10.1. The van der Waals surface area contributed by atoms with Crippen LogP contribution in [-0.2, 0) is 0 Å². The number of allylic oxidation sites excluding steroid dienone is 1. The molecule has 0 spiro atoms. The van der Waals surface area contributed by atoms with Gasteiger partial charge in [-0.1, -0.05) is 6.08 Å². The highest BCUT2D eigenvalue weighted by atomic mass is 16.3. The van der Waals surface area contributed by atoms with Crippen LogP contribution in [0.5, 0.6) is 0 Å². The number of rotatable bonds is 6. The van der Waals surface area contributed by atoms with Crippen LogP contribution in [0, 0.1) is 12.3 Å². The molecule has 0 aromatic carbocycles. The van der Waals surface area contributed by atoms with E-state index in [1.54, 1.807) is 0 Å². The summed E-state index contributed by atoms with van der Waals surface area (Å²) in [5.74, 6) is 2.55. The molecule has 0 amide bonds. The van der Waals surface area contributed by atoms with E-state index in [9.17, 15) is 5.11 Å². The van der Waals surface area contributed by atoms with Crippen molar-refractivity contribution in [3.8, 4) is 12.3 Å². The van der Waals surface area contributed by atoms with Crippen molar-refractivity contribution in [2.24, 2.45) is 0 Å². The van der Waals surface area contributed by atoms with Gasteiger partial charge < -0.3 is 5.11 Å². The smallest absolute Gasteiger partial charge is 0.0543 e. The van der Waals surface area contributed by atoms with Crippen LogP contribution in [0.1, 0.15) is 32.1 Å². The van der Waals surface area contributed by atoms with Crippen molar-refractivity contribution in [2.75, 3.05) is 0 Å². The Labute approximate surface area is 69.1 Å². The highest BCUT2D eigenvalue weighted by Gasteiger charge is 2.00. The van der Waals surface area contributed by atoms with Gasteiger partial charge in [0, 0.05) is 6.42 Å². The number of aliphatic hydroxyl groups is 1. The maximum Gasteiger partial charge on any atom is 0.0543 e. The SMILES string of the molecule is C#CCCC[C@@H](O)CCC=C. The Morgan fingerprint density at radius 3 is 2.82 bits per heavy atom. The minimum atomic E-state index is -0.193. The van der Waals surface area contributed by atoms with Crippen LogP contribution >= 0.6 is 0 Å². The van der Waals surface area contributed by atoms with Gasteiger partial charge in [-0.25, -0.2) is 0 Å². The Hall–Kier alpha value is -0.740. The number of hydrogen-bond donors (Lipinski definition) is 1. The van der Waals surface area contributed by atoms with Crippen molar-refractivity contribution in [1.29, 1.82) is 0 Å². The molecule has 1 nitrogen and oxygen atoms in total. The van der Waals surface area contributed by atoms with E-state index in [1.165, 1.54) is 0 Å². The second kappa shape index (κ2) is 7.37. The Bertz CT molecular complexity index is 132. The molecule has 0 radical (unpaired) electrons. The molecule has 0 fully saturated rings. The van der Waals surface area contributed by atoms with E-state index in [0.29, 0.717) is 0 Å². The summed E-state index contributed by atoms with van der Waals surface area (Å²) in [6.07, 6.45) is 10.9. The fourth-order valence-corrected chi connectivity index (χ4v) is 0.894. The normalized spacial score (nSPS) is 12.0. The standard InChI is InChI=1S/C10H16O/c1-3-5-7-9-10(11)8-6-4-2/h1,4,10-11H,2,5-9H2/t10-/m0/s1. The molecule has 0 aliphatic rings. The molecule has 0 aromatic heterocycles. The molecule has 0 unspecified atom stereocenters. The molecule has 0 saturated heterocycles. The lowest BCUT2D eigenvalue weighted by Gasteiger charge is -2.06. The lowest BCUT2D eigenvalue weighted by Crippen LogP contribution is -2.04. The molecule has 0 saturated carbocycles. The summed E-state index contributed by atoms with van der Waals surface area (Å²) in [7, 11) is 0. The van der Waals surface area contributed by atoms with E-state index in [1.807, 2.05) is 6.08 Å². The zero-order chi connectivity index (χ0) is 8.53. The minimum absolute atomic E-state index is 0.193. The summed E-state index contributed by atoms with van der Waals surface area (Å²) in [5.41, 5.74) is 0. The molecule has 11 heavy (non-hydrogen) atoms. The molecule has 1 N–H and O–H groups in total. The Morgan fingerprint density at radius 1 is 1.55 bits per heavy atom.